The SMILES string of the molecule is O=C(c1ccc(COc2ccccc2Cl)o1)N1CCCc2ccccc21. The van der Waals surface area contributed by atoms with E-state index in [1.165, 1.54) is 5.56 Å². The smallest absolute Gasteiger partial charge is 0.293 e. The predicted octanol–water partition coefficient (Wildman–Crippen LogP) is 5.11. The van der Waals surface area contributed by atoms with E-state index >= 15 is 0 Å². The lowest BCUT2D eigenvalue weighted by atomic mass is 10.0. The van der Waals surface area contributed by atoms with Crippen molar-refractivity contribution in [3.05, 3.63) is 82.8 Å². The van der Waals surface area contributed by atoms with E-state index in [1.54, 1.807) is 29.2 Å². The normalized spacial score (nSPS) is 13.3. The monoisotopic (exact) mass is 367 g/mol. The van der Waals surface area contributed by atoms with E-state index in [-0.39, 0.29) is 12.5 Å². The van der Waals surface area contributed by atoms with E-state index in [4.69, 9.17) is 20.8 Å². The van der Waals surface area contributed by atoms with Gasteiger partial charge in [-0.1, -0.05) is 41.9 Å². The molecule has 1 aliphatic heterocycles. The minimum Gasteiger partial charge on any atom is -0.484 e. The van der Waals surface area contributed by atoms with Gasteiger partial charge in [-0.3, -0.25) is 4.79 Å². The lowest BCUT2D eigenvalue weighted by Crippen LogP contribution is -2.35. The molecule has 132 valence electrons. The number of furan rings is 1. The molecule has 1 amide bonds. The van der Waals surface area contributed by atoms with Gasteiger partial charge in [-0.25, -0.2) is 0 Å². The number of halogens is 1. The number of anilines is 1. The number of hydrogen-bond acceptors (Lipinski definition) is 3. The fourth-order valence-electron chi connectivity index (χ4n) is 3.16. The fraction of sp³-hybridized carbons (Fsp3) is 0.190. The average Bonchev–Trinajstić information content (AvgIpc) is 3.15. The number of carbonyl (C=O) groups is 1. The van der Waals surface area contributed by atoms with E-state index in [9.17, 15) is 4.79 Å². The van der Waals surface area contributed by atoms with Gasteiger partial charge in [0.05, 0.1) is 5.02 Å². The van der Waals surface area contributed by atoms with Gasteiger partial charge in [-0.2, -0.15) is 0 Å². The van der Waals surface area contributed by atoms with Crippen LogP contribution < -0.4 is 9.64 Å². The summed E-state index contributed by atoms with van der Waals surface area (Å²) in [6, 6.07) is 18.7. The molecule has 0 radical (unpaired) electrons. The van der Waals surface area contributed by atoms with Crippen molar-refractivity contribution in [2.75, 3.05) is 11.4 Å². The molecule has 0 saturated heterocycles. The van der Waals surface area contributed by atoms with Crippen molar-refractivity contribution in [3.8, 4) is 5.75 Å². The number of fused-ring (bicyclic) bond motifs is 1. The summed E-state index contributed by atoms with van der Waals surface area (Å²) in [6.07, 6.45) is 1.95. The van der Waals surface area contributed by atoms with E-state index < -0.39 is 0 Å². The van der Waals surface area contributed by atoms with Gasteiger partial charge in [0.15, 0.2) is 5.76 Å². The Bertz CT molecular complexity index is 934. The van der Waals surface area contributed by atoms with Gasteiger partial charge < -0.3 is 14.1 Å². The van der Waals surface area contributed by atoms with Crippen molar-refractivity contribution in [3.63, 3.8) is 0 Å². The molecule has 26 heavy (non-hydrogen) atoms. The molecule has 0 fully saturated rings. The maximum atomic E-state index is 12.9. The minimum absolute atomic E-state index is 0.124. The van der Waals surface area contributed by atoms with Crippen LogP contribution in [0.5, 0.6) is 5.75 Å². The van der Waals surface area contributed by atoms with Gasteiger partial charge in [-0.15, -0.1) is 0 Å². The van der Waals surface area contributed by atoms with Crippen LogP contribution in [0.4, 0.5) is 5.69 Å². The summed E-state index contributed by atoms with van der Waals surface area (Å²) in [5, 5.41) is 0.542. The number of benzene rings is 2. The Labute approximate surface area is 156 Å². The second-order valence-corrected chi connectivity index (χ2v) is 6.58. The number of rotatable bonds is 4. The zero-order valence-electron chi connectivity index (χ0n) is 14.2. The highest BCUT2D eigenvalue weighted by Crippen LogP contribution is 2.29. The average molecular weight is 368 g/mol. The molecule has 0 atom stereocenters. The number of hydrogen-bond donors (Lipinski definition) is 0. The number of carbonyl (C=O) groups excluding carboxylic acids is 1. The number of nitrogens with zero attached hydrogens (tertiary/aromatic N) is 1. The molecular weight excluding hydrogens is 350 g/mol. The Kier molecular flexibility index (Phi) is 4.67. The highest BCUT2D eigenvalue weighted by molar-refractivity contribution is 6.32. The van der Waals surface area contributed by atoms with Crippen molar-refractivity contribution in [2.24, 2.45) is 0 Å². The van der Waals surface area contributed by atoms with Crippen molar-refractivity contribution in [1.29, 1.82) is 0 Å². The van der Waals surface area contributed by atoms with Crippen molar-refractivity contribution in [1.82, 2.24) is 0 Å². The first-order chi connectivity index (χ1) is 12.7. The Morgan fingerprint density at radius 3 is 2.77 bits per heavy atom. The first kappa shape index (κ1) is 16.7. The molecule has 0 unspecified atom stereocenters. The zero-order chi connectivity index (χ0) is 17.9. The largest absolute Gasteiger partial charge is 0.484 e. The molecular formula is C21H18ClNO3. The number of aryl methyl sites for hydroxylation is 1. The summed E-state index contributed by atoms with van der Waals surface area (Å²) in [6.45, 7) is 0.912. The molecule has 1 aromatic heterocycles. The fourth-order valence-corrected chi connectivity index (χ4v) is 3.35. The van der Waals surface area contributed by atoms with Crippen LogP contribution in [0.2, 0.25) is 5.02 Å². The van der Waals surface area contributed by atoms with Gasteiger partial charge >= 0.3 is 0 Å². The van der Waals surface area contributed by atoms with Gasteiger partial charge in [0.25, 0.3) is 5.91 Å². The lowest BCUT2D eigenvalue weighted by molar-refractivity contribution is 0.0954. The Morgan fingerprint density at radius 2 is 1.88 bits per heavy atom. The summed E-state index contributed by atoms with van der Waals surface area (Å²) in [5.41, 5.74) is 2.16. The Hall–Kier alpha value is -2.72. The molecule has 0 aliphatic carbocycles. The van der Waals surface area contributed by atoms with Crippen molar-refractivity contribution < 1.29 is 13.9 Å². The van der Waals surface area contributed by atoms with Crippen LogP contribution in [-0.2, 0) is 13.0 Å². The van der Waals surface area contributed by atoms with E-state index in [2.05, 4.69) is 6.07 Å². The lowest BCUT2D eigenvalue weighted by Gasteiger charge is -2.28. The molecule has 3 aromatic rings. The van der Waals surface area contributed by atoms with Crippen LogP contribution >= 0.6 is 11.6 Å². The molecule has 5 heteroatoms. The van der Waals surface area contributed by atoms with E-state index in [0.717, 1.165) is 18.5 Å². The summed E-state index contributed by atoms with van der Waals surface area (Å²) in [4.78, 5) is 14.7. The quantitative estimate of drug-likeness (QED) is 0.643. The summed E-state index contributed by atoms with van der Waals surface area (Å²) >= 11 is 6.08. The zero-order valence-corrected chi connectivity index (χ0v) is 14.9. The molecule has 0 spiro atoms. The van der Waals surface area contributed by atoms with Gasteiger partial charge in [0.2, 0.25) is 0 Å². The predicted molar refractivity (Wildman–Crippen MR) is 101 cm³/mol. The standard InChI is InChI=1S/C21H18ClNO3/c22-17-8-2-4-10-19(17)25-14-16-11-12-20(26-16)21(24)23-13-5-7-15-6-1-3-9-18(15)23/h1-4,6,8-12H,5,7,13-14H2. The summed E-state index contributed by atoms with van der Waals surface area (Å²) in [7, 11) is 0. The maximum absolute atomic E-state index is 12.9. The molecule has 0 bridgehead atoms. The third-order valence-electron chi connectivity index (χ3n) is 4.43. The molecule has 4 nitrogen and oxygen atoms in total. The molecule has 1 aliphatic rings. The summed E-state index contributed by atoms with van der Waals surface area (Å²) < 4.78 is 11.4. The highest BCUT2D eigenvalue weighted by Gasteiger charge is 2.25. The van der Waals surface area contributed by atoms with Gasteiger partial charge in [0.1, 0.15) is 18.1 Å². The molecule has 2 aromatic carbocycles. The maximum Gasteiger partial charge on any atom is 0.293 e. The van der Waals surface area contributed by atoms with Crippen LogP contribution in [0.1, 0.15) is 28.3 Å². The third kappa shape index (κ3) is 3.33. The first-order valence-corrected chi connectivity index (χ1v) is 8.96. The topological polar surface area (TPSA) is 42.7 Å². The first-order valence-electron chi connectivity index (χ1n) is 8.58. The summed E-state index contributed by atoms with van der Waals surface area (Å²) in [5.74, 6) is 1.36. The van der Waals surface area contributed by atoms with Crippen LogP contribution in [0, 0.1) is 0 Å². The van der Waals surface area contributed by atoms with Gasteiger partial charge in [-0.05, 0) is 48.7 Å². The molecule has 4 rings (SSSR count). The van der Waals surface area contributed by atoms with E-state index in [1.807, 2.05) is 30.3 Å². The molecule has 0 saturated carbocycles. The molecule has 0 N–H and O–H groups in total. The van der Waals surface area contributed by atoms with Crippen molar-refractivity contribution in [2.45, 2.75) is 19.4 Å². The second-order valence-electron chi connectivity index (χ2n) is 6.17. The van der Waals surface area contributed by atoms with Crippen molar-refractivity contribution >= 4 is 23.2 Å². The van der Waals surface area contributed by atoms with Crippen LogP contribution in [-0.4, -0.2) is 12.5 Å². The highest BCUT2D eigenvalue weighted by atomic mass is 35.5. The van der Waals surface area contributed by atoms with Crippen LogP contribution in [0.25, 0.3) is 0 Å². The third-order valence-corrected chi connectivity index (χ3v) is 4.75. The number of para-hydroxylation sites is 2. The Morgan fingerprint density at radius 1 is 1.08 bits per heavy atom. The second kappa shape index (κ2) is 7.26. The van der Waals surface area contributed by atoms with Gasteiger partial charge in [0, 0.05) is 12.2 Å². The van der Waals surface area contributed by atoms with Crippen LogP contribution in [0.3, 0.4) is 0 Å². The van der Waals surface area contributed by atoms with Crippen LogP contribution in [0.15, 0.2) is 65.1 Å². The minimum atomic E-state index is -0.124. The van der Waals surface area contributed by atoms with E-state index in [0.29, 0.717) is 28.8 Å². The Balaban J connectivity index is 1.48. The number of amides is 1. The number of ether oxygens (including phenoxy) is 1. The molecule has 2 heterocycles.